The Morgan fingerprint density at radius 1 is 1.20 bits per heavy atom. The van der Waals surface area contributed by atoms with Gasteiger partial charge in [0.05, 0.1) is 0 Å². The van der Waals surface area contributed by atoms with Crippen molar-refractivity contribution in [3.8, 4) is 0 Å². The van der Waals surface area contributed by atoms with Crippen LogP contribution in [0.5, 0.6) is 0 Å². The van der Waals surface area contributed by atoms with Crippen LogP contribution in [0.2, 0.25) is 0 Å². The van der Waals surface area contributed by atoms with Crippen LogP contribution in [0.1, 0.15) is 23.7 Å². The number of aryl methyl sites for hydroxylation is 3. The highest BCUT2D eigenvalue weighted by Gasteiger charge is 2.08. The predicted molar refractivity (Wildman–Crippen MR) is 67.1 cm³/mol. The van der Waals surface area contributed by atoms with E-state index in [4.69, 9.17) is 0 Å². The van der Waals surface area contributed by atoms with E-state index in [1.165, 1.54) is 27.7 Å². The molecular weight excluding hydrogens is 182 g/mol. The fourth-order valence-corrected chi connectivity index (χ4v) is 2.15. The van der Waals surface area contributed by atoms with Gasteiger partial charge in [-0.15, -0.1) is 0 Å². The summed E-state index contributed by atoms with van der Waals surface area (Å²) < 4.78 is 2.26. The molecule has 0 bridgehead atoms. The van der Waals surface area contributed by atoms with E-state index in [2.05, 4.69) is 62.7 Å². The number of fused-ring (bicyclic) bond motifs is 1. The molecule has 1 aromatic heterocycles. The summed E-state index contributed by atoms with van der Waals surface area (Å²) in [6.45, 7) is 6.38. The zero-order valence-corrected chi connectivity index (χ0v) is 9.83. The Kier molecular flexibility index (Phi) is 2.39. The molecule has 0 amide bonds. The summed E-state index contributed by atoms with van der Waals surface area (Å²) in [7, 11) is 2.13. The van der Waals surface area contributed by atoms with Gasteiger partial charge >= 0.3 is 0 Å². The Morgan fingerprint density at radius 3 is 2.60 bits per heavy atom. The lowest BCUT2D eigenvalue weighted by atomic mass is 10.1. The zero-order chi connectivity index (χ0) is 11.0. The lowest BCUT2D eigenvalue weighted by Crippen LogP contribution is -1.90. The highest BCUT2D eigenvalue weighted by molar-refractivity contribution is 5.88. The lowest BCUT2D eigenvalue weighted by molar-refractivity contribution is 0.948. The monoisotopic (exact) mass is 199 g/mol. The molecule has 2 rings (SSSR count). The van der Waals surface area contributed by atoms with E-state index in [1.54, 1.807) is 0 Å². The van der Waals surface area contributed by atoms with Crippen LogP contribution in [0.15, 0.2) is 24.3 Å². The smallest absolute Gasteiger partial charge is 0.0487 e. The summed E-state index contributed by atoms with van der Waals surface area (Å²) in [6, 6.07) is 6.64. The summed E-state index contributed by atoms with van der Waals surface area (Å²) >= 11 is 0. The molecule has 1 nitrogen and oxygen atoms in total. The van der Waals surface area contributed by atoms with Gasteiger partial charge in [0, 0.05) is 23.6 Å². The third kappa shape index (κ3) is 1.48. The maximum atomic E-state index is 2.26. The fourth-order valence-electron chi connectivity index (χ4n) is 2.15. The third-order valence-corrected chi connectivity index (χ3v) is 2.99. The molecule has 1 heteroatoms. The first-order valence-corrected chi connectivity index (χ1v) is 5.33. The highest BCUT2D eigenvalue weighted by atomic mass is 14.9. The maximum Gasteiger partial charge on any atom is 0.0487 e. The average molecular weight is 199 g/mol. The molecule has 0 aliphatic heterocycles. The number of hydrogen-bond acceptors (Lipinski definition) is 0. The van der Waals surface area contributed by atoms with Gasteiger partial charge in [-0.1, -0.05) is 18.2 Å². The van der Waals surface area contributed by atoms with E-state index < -0.39 is 0 Å². The maximum absolute atomic E-state index is 2.26. The predicted octanol–water partition coefficient (Wildman–Crippen LogP) is 3.83. The number of benzene rings is 1. The standard InChI is InChI=1S/C14H17N/c1-5-6-13-11(3)12-8-7-10(2)9-14(12)15(13)4/h5-9H,1-4H3/b6-5-. The van der Waals surface area contributed by atoms with Gasteiger partial charge in [0.1, 0.15) is 0 Å². The number of rotatable bonds is 1. The second-order valence-electron chi connectivity index (χ2n) is 4.09. The molecule has 0 aliphatic carbocycles. The third-order valence-electron chi connectivity index (χ3n) is 2.99. The quantitative estimate of drug-likeness (QED) is 0.658. The first-order chi connectivity index (χ1) is 7.15. The molecular formula is C14H17N. The van der Waals surface area contributed by atoms with Crippen LogP contribution < -0.4 is 0 Å². The van der Waals surface area contributed by atoms with Crippen LogP contribution in [0.3, 0.4) is 0 Å². The second kappa shape index (κ2) is 3.58. The van der Waals surface area contributed by atoms with E-state index in [0.717, 1.165) is 0 Å². The fraction of sp³-hybridized carbons (Fsp3) is 0.286. The normalized spacial score (nSPS) is 11.7. The Bertz CT molecular complexity index is 530. The van der Waals surface area contributed by atoms with Crippen LogP contribution in [0.4, 0.5) is 0 Å². The zero-order valence-electron chi connectivity index (χ0n) is 9.83. The summed E-state index contributed by atoms with van der Waals surface area (Å²) in [5.74, 6) is 0. The topological polar surface area (TPSA) is 4.93 Å². The molecule has 0 fully saturated rings. The first kappa shape index (κ1) is 10.0. The minimum atomic E-state index is 1.30. The summed E-state index contributed by atoms with van der Waals surface area (Å²) in [5.41, 5.74) is 5.31. The molecule has 2 aromatic rings. The van der Waals surface area contributed by atoms with Gasteiger partial charge in [0.15, 0.2) is 0 Å². The lowest BCUT2D eigenvalue weighted by Gasteiger charge is -2.00. The van der Waals surface area contributed by atoms with Crippen LogP contribution >= 0.6 is 0 Å². The van der Waals surface area contributed by atoms with Gasteiger partial charge in [0.25, 0.3) is 0 Å². The molecule has 0 radical (unpaired) electrons. The van der Waals surface area contributed by atoms with Crippen LogP contribution in [0.25, 0.3) is 17.0 Å². The van der Waals surface area contributed by atoms with Crippen molar-refractivity contribution in [1.82, 2.24) is 4.57 Å². The van der Waals surface area contributed by atoms with E-state index in [1.807, 2.05) is 0 Å². The van der Waals surface area contributed by atoms with Gasteiger partial charge in [-0.2, -0.15) is 0 Å². The minimum absolute atomic E-state index is 1.30. The first-order valence-electron chi connectivity index (χ1n) is 5.33. The van der Waals surface area contributed by atoms with Crippen molar-refractivity contribution in [3.63, 3.8) is 0 Å². The molecule has 0 unspecified atom stereocenters. The van der Waals surface area contributed by atoms with Gasteiger partial charge in [-0.3, -0.25) is 0 Å². The second-order valence-corrected chi connectivity index (χ2v) is 4.09. The molecule has 0 saturated carbocycles. The minimum Gasteiger partial charge on any atom is -0.344 e. The van der Waals surface area contributed by atoms with Crippen LogP contribution in [0, 0.1) is 13.8 Å². The van der Waals surface area contributed by atoms with Gasteiger partial charge in [-0.05, 0) is 44.0 Å². The summed E-state index contributed by atoms with van der Waals surface area (Å²) in [6.07, 6.45) is 4.26. The van der Waals surface area contributed by atoms with Crippen molar-refractivity contribution in [3.05, 3.63) is 41.1 Å². The molecule has 15 heavy (non-hydrogen) atoms. The Morgan fingerprint density at radius 2 is 1.93 bits per heavy atom. The molecule has 0 saturated heterocycles. The molecule has 0 aliphatic rings. The van der Waals surface area contributed by atoms with Gasteiger partial charge < -0.3 is 4.57 Å². The van der Waals surface area contributed by atoms with Gasteiger partial charge in [0.2, 0.25) is 0 Å². The molecule has 78 valence electrons. The van der Waals surface area contributed by atoms with Crippen molar-refractivity contribution >= 4 is 17.0 Å². The van der Waals surface area contributed by atoms with Crippen molar-refractivity contribution in [1.29, 1.82) is 0 Å². The molecule has 1 aromatic carbocycles. The van der Waals surface area contributed by atoms with Crippen molar-refractivity contribution in [2.45, 2.75) is 20.8 Å². The van der Waals surface area contributed by atoms with Crippen LogP contribution in [-0.2, 0) is 7.05 Å². The van der Waals surface area contributed by atoms with E-state index in [0.29, 0.717) is 0 Å². The Labute approximate surface area is 91.0 Å². The highest BCUT2D eigenvalue weighted by Crippen LogP contribution is 2.26. The number of hydrogen-bond donors (Lipinski definition) is 0. The molecule has 0 atom stereocenters. The summed E-state index contributed by atoms with van der Waals surface area (Å²) in [4.78, 5) is 0. The van der Waals surface area contributed by atoms with Crippen molar-refractivity contribution in [2.75, 3.05) is 0 Å². The Balaban J connectivity index is 2.85. The number of nitrogens with zero attached hydrogens (tertiary/aromatic N) is 1. The SMILES string of the molecule is C/C=C\c1c(C)c2ccc(C)cc2n1C. The van der Waals surface area contributed by atoms with E-state index in [9.17, 15) is 0 Å². The van der Waals surface area contributed by atoms with E-state index in [-0.39, 0.29) is 0 Å². The largest absolute Gasteiger partial charge is 0.344 e. The average Bonchev–Trinajstić information content (AvgIpc) is 2.44. The van der Waals surface area contributed by atoms with Gasteiger partial charge in [-0.25, -0.2) is 0 Å². The molecule has 0 spiro atoms. The van der Waals surface area contributed by atoms with Crippen molar-refractivity contribution < 1.29 is 0 Å². The Hall–Kier alpha value is -1.50. The van der Waals surface area contributed by atoms with Crippen LogP contribution in [-0.4, -0.2) is 4.57 Å². The molecule has 0 N–H and O–H groups in total. The summed E-state index contributed by atoms with van der Waals surface area (Å²) in [5, 5.41) is 1.36. The molecule has 1 heterocycles. The number of allylic oxidation sites excluding steroid dienone is 1. The van der Waals surface area contributed by atoms with E-state index >= 15 is 0 Å². The van der Waals surface area contributed by atoms with Crippen molar-refractivity contribution in [2.24, 2.45) is 7.05 Å². The number of aromatic nitrogens is 1.